The quantitative estimate of drug-likeness (QED) is 0.688. The predicted molar refractivity (Wildman–Crippen MR) is 126 cm³/mol. The normalized spacial score (nSPS) is 19.9. The summed E-state index contributed by atoms with van der Waals surface area (Å²) in [6.45, 7) is 11.3. The lowest BCUT2D eigenvalue weighted by atomic mass is 10.0. The Labute approximate surface area is 189 Å². The summed E-state index contributed by atoms with van der Waals surface area (Å²) >= 11 is 1.59. The second-order valence-electron chi connectivity index (χ2n) is 8.88. The van der Waals surface area contributed by atoms with Gasteiger partial charge in [-0.05, 0) is 52.3 Å². The Morgan fingerprint density at radius 3 is 2.94 bits per heavy atom. The maximum Gasteiger partial charge on any atom is 0.261 e. The lowest BCUT2D eigenvalue weighted by Gasteiger charge is -2.33. The molecule has 2 aliphatic rings. The van der Waals surface area contributed by atoms with Gasteiger partial charge in [0.05, 0.1) is 11.3 Å². The fourth-order valence-corrected chi connectivity index (χ4v) is 5.45. The van der Waals surface area contributed by atoms with E-state index in [2.05, 4.69) is 40.9 Å². The highest BCUT2D eigenvalue weighted by Crippen LogP contribution is 2.30. The molecular formula is C24H34N4O2S. The number of anilines is 1. The molecule has 1 saturated heterocycles. The number of nitrogens with zero attached hydrogens (tertiary/aromatic N) is 3. The number of piperidine rings is 1. The summed E-state index contributed by atoms with van der Waals surface area (Å²) in [7, 11) is 0. The van der Waals surface area contributed by atoms with Crippen LogP contribution >= 0.6 is 11.3 Å². The van der Waals surface area contributed by atoms with Crippen LogP contribution in [0.2, 0.25) is 0 Å². The van der Waals surface area contributed by atoms with Crippen LogP contribution in [0.25, 0.3) is 0 Å². The molecule has 31 heavy (non-hydrogen) atoms. The zero-order valence-electron chi connectivity index (χ0n) is 18.9. The summed E-state index contributed by atoms with van der Waals surface area (Å²) in [6.07, 6.45) is 4.77. The summed E-state index contributed by atoms with van der Waals surface area (Å²) in [6, 6.07) is 8.62. The Balaban J connectivity index is 1.37. The van der Waals surface area contributed by atoms with Crippen LogP contribution in [0.3, 0.4) is 0 Å². The second-order valence-corrected chi connectivity index (χ2v) is 9.97. The number of carbonyl (C=O) groups excluding carboxylic acids is 1. The fraction of sp³-hybridized carbons (Fsp3) is 0.583. The number of rotatable bonds is 7. The SMILES string of the molecule is CC(C)N1CCc2nc(NC(=O)c3ccccc3OCCN3CCCCC3C)sc2C1. The molecule has 3 heterocycles. The molecule has 1 aromatic heterocycles. The van der Waals surface area contributed by atoms with Crippen molar-refractivity contribution in [3.8, 4) is 5.75 Å². The van der Waals surface area contributed by atoms with Crippen molar-refractivity contribution >= 4 is 22.4 Å². The molecule has 1 fully saturated rings. The minimum Gasteiger partial charge on any atom is -0.491 e. The van der Waals surface area contributed by atoms with Gasteiger partial charge in [0.25, 0.3) is 5.91 Å². The van der Waals surface area contributed by atoms with Crippen molar-refractivity contribution in [2.75, 3.05) is 31.6 Å². The largest absolute Gasteiger partial charge is 0.491 e. The Bertz CT molecular complexity index is 897. The number of fused-ring (bicyclic) bond motifs is 1. The highest BCUT2D eigenvalue weighted by atomic mass is 32.1. The Morgan fingerprint density at radius 2 is 2.13 bits per heavy atom. The zero-order chi connectivity index (χ0) is 21.8. The Morgan fingerprint density at radius 1 is 1.29 bits per heavy atom. The van der Waals surface area contributed by atoms with Gasteiger partial charge in [0.1, 0.15) is 12.4 Å². The van der Waals surface area contributed by atoms with Crippen molar-refractivity contribution in [3.05, 3.63) is 40.4 Å². The third-order valence-electron chi connectivity index (χ3n) is 6.42. The van der Waals surface area contributed by atoms with E-state index < -0.39 is 0 Å². The molecular weight excluding hydrogens is 408 g/mol. The van der Waals surface area contributed by atoms with E-state index in [1.807, 2.05) is 24.3 Å². The van der Waals surface area contributed by atoms with Gasteiger partial charge in [0, 0.05) is 43.0 Å². The van der Waals surface area contributed by atoms with Gasteiger partial charge in [-0.3, -0.25) is 19.9 Å². The number of likely N-dealkylation sites (tertiary alicyclic amines) is 1. The maximum absolute atomic E-state index is 13.0. The van der Waals surface area contributed by atoms with E-state index in [1.54, 1.807) is 11.3 Å². The summed E-state index contributed by atoms with van der Waals surface area (Å²) in [5.41, 5.74) is 1.68. The molecule has 4 rings (SSSR count). The van der Waals surface area contributed by atoms with E-state index in [4.69, 9.17) is 4.74 Å². The van der Waals surface area contributed by atoms with Crippen LogP contribution in [0, 0.1) is 0 Å². The van der Waals surface area contributed by atoms with Gasteiger partial charge in [0.2, 0.25) is 0 Å². The molecule has 6 nitrogen and oxygen atoms in total. The zero-order valence-corrected chi connectivity index (χ0v) is 19.7. The van der Waals surface area contributed by atoms with E-state index in [0.29, 0.717) is 35.1 Å². The molecule has 0 aliphatic carbocycles. The minimum atomic E-state index is -0.159. The van der Waals surface area contributed by atoms with Gasteiger partial charge < -0.3 is 4.74 Å². The van der Waals surface area contributed by atoms with Gasteiger partial charge in [-0.15, -0.1) is 11.3 Å². The molecule has 0 saturated carbocycles. The molecule has 168 valence electrons. The smallest absolute Gasteiger partial charge is 0.261 e. The van der Waals surface area contributed by atoms with Gasteiger partial charge >= 0.3 is 0 Å². The number of aromatic nitrogens is 1. The monoisotopic (exact) mass is 442 g/mol. The molecule has 1 aromatic carbocycles. The average Bonchev–Trinajstić information content (AvgIpc) is 3.16. The summed E-state index contributed by atoms with van der Waals surface area (Å²) < 4.78 is 6.04. The van der Waals surface area contributed by atoms with Crippen molar-refractivity contribution < 1.29 is 9.53 Å². The molecule has 7 heteroatoms. The second kappa shape index (κ2) is 10.1. The topological polar surface area (TPSA) is 57.7 Å². The molecule has 2 aromatic rings. The third-order valence-corrected chi connectivity index (χ3v) is 7.42. The number of hydrogen-bond acceptors (Lipinski definition) is 6. The average molecular weight is 443 g/mol. The van der Waals surface area contributed by atoms with Gasteiger partial charge in [-0.1, -0.05) is 18.6 Å². The van der Waals surface area contributed by atoms with E-state index in [9.17, 15) is 4.79 Å². The first-order chi connectivity index (χ1) is 15.0. The fourth-order valence-electron chi connectivity index (χ4n) is 4.42. The lowest BCUT2D eigenvalue weighted by Crippen LogP contribution is -2.40. The first-order valence-electron chi connectivity index (χ1n) is 11.5. The van der Waals surface area contributed by atoms with E-state index in [0.717, 1.165) is 38.3 Å². The third kappa shape index (κ3) is 5.45. The van der Waals surface area contributed by atoms with Crippen LogP contribution in [0.1, 0.15) is 61.0 Å². The number of hydrogen-bond donors (Lipinski definition) is 1. The first kappa shape index (κ1) is 22.2. The van der Waals surface area contributed by atoms with Crippen molar-refractivity contribution in [1.82, 2.24) is 14.8 Å². The summed E-state index contributed by atoms with van der Waals surface area (Å²) in [5.74, 6) is 0.478. The molecule has 0 spiro atoms. The molecule has 0 radical (unpaired) electrons. The van der Waals surface area contributed by atoms with Gasteiger partial charge in [0.15, 0.2) is 5.13 Å². The number of ether oxygens (including phenoxy) is 1. The first-order valence-corrected chi connectivity index (χ1v) is 12.3. The van der Waals surface area contributed by atoms with Crippen molar-refractivity contribution in [1.29, 1.82) is 0 Å². The number of para-hydroxylation sites is 1. The maximum atomic E-state index is 13.0. The van der Waals surface area contributed by atoms with Crippen LogP contribution in [0.15, 0.2) is 24.3 Å². The van der Waals surface area contributed by atoms with Crippen LogP contribution in [-0.4, -0.2) is 59.0 Å². The van der Waals surface area contributed by atoms with E-state index >= 15 is 0 Å². The summed E-state index contributed by atoms with van der Waals surface area (Å²) in [5, 5.41) is 3.68. The van der Waals surface area contributed by atoms with Crippen LogP contribution in [0.4, 0.5) is 5.13 Å². The molecule has 1 unspecified atom stereocenters. The van der Waals surface area contributed by atoms with Gasteiger partial charge in [-0.25, -0.2) is 4.98 Å². The standard InChI is InChI=1S/C24H34N4O2S/c1-17(2)28-13-11-20-22(16-28)31-24(25-20)26-23(29)19-9-4-5-10-21(19)30-15-14-27-12-7-6-8-18(27)3/h4-5,9-10,17-18H,6-8,11-16H2,1-3H3,(H,25,26,29). The lowest BCUT2D eigenvalue weighted by molar-refractivity contribution is 0.101. The predicted octanol–water partition coefficient (Wildman–Crippen LogP) is 4.42. The summed E-state index contributed by atoms with van der Waals surface area (Å²) in [4.78, 5) is 23.9. The number of thiazole rings is 1. The van der Waals surface area contributed by atoms with Crippen LogP contribution in [0.5, 0.6) is 5.75 Å². The highest BCUT2D eigenvalue weighted by Gasteiger charge is 2.23. The van der Waals surface area contributed by atoms with Crippen molar-refractivity contribution in [2.45, 2.75) is 65.1 Å². The number of benzene rings is 1. The Kier molecular flexibility index (Phi) is 7.25. The molecule has 1 atom stereocenters. The Hall–Kier alpha value is -1.96. The minimum absolute atomic E-state index is 0.159. The molecule has 1 N–H and O–H groups in total. The van der Waals surface area contributed by atoms with E-state index in [1.165, 1.54) is 24.1 Å². The van der Waals surface area contributed by atoms with E-state index in [-0.39, 0.29) is 5.91 Å². The number of nitrogens with one attached hydrogen (secondary N) is 1. The van der Waals surface area contributed by atoms with Crippen LogP contribution < -0.4 is 10.1 Å². The molecule has 1 amide bonds. The van der Waals surface area contributed by atoms with Crippen molar-refractivity contribution in [3.63, 3.8) is 0 Å². The highest BCUT2D eigenvalue weighted by molar-refractivity contribution is 7.15. The molecule has 0 bridgehead atoms. The molecule has 2 aliphatic heterocycles. The van der Waals surface area contributed by atoms with Crippen molar-refractivity contribution in [2.24, 2.45) is 0 Å². The van der Waals surface area contributed by atoms with Gasteiger partial charge in [-0.2, -0.15) is 0 Å². The van der Waals surface area contributed by atoms with Crippen LogP contribution in [-0.2, 0) is 13.0 Å². The number of carbonyl (C=O) groups is 1. The number of amides is 1.